The molecule has 0 spiro atoms. The van der Waals surface area contributed by atoms with Gasteiger partial charge in [0, 0.05) is 36.3 Å². The summed E-state index contributed by atoms with van der Waals surface area (Å²) in [6.07, 6.45) is 9.53. The van der Waals surface area contributed by atoms with E-state index in [-0.39, 0.29) is 10.5 Å². The minimum Gasteiger partial charge on any atom is -0.261 e. The lowest BCUT2D eigenvalue weighted by molar-refractivity contribution is 0.672. The predicted molar refractivity (Wildman–Crippen MR) is 119 cm³/mol. The molecule has 0 fully saturated rings. The number of nitrogens with zero attached hydrogens (tertiary/aromatic N) is 6. The van der Waals surface area contributed by atoms with Gasteiger partial charge in [0.05, 0.1) is 30.0 Å². The third kappa shape index (κ3) is 7.21. The normalized spacial score (nSPS) is 16.1. The third-order valence-corrected chi connectivity index (χ3v) is 8.62. The molecule has 10 heteroatoms. The molecule has 0 saturated carbocycles. The highest BCUT2D eigenvalue weighted by Crippen LogP contribution is 2.22. The van der Waals surface area contributed by atoms with Crippen LogP contribution in [-0.4, -0.2) is 30.9 Å². The predicted octanol–water partition coefficient (Wildman–Crippen LogP) is 4.06. The molecule has 0 aliphatic heterocycles. The number of aryl methyl sites for hydroxylation is 2. The molecular weight excluding hydrogens is 420 g/mol. The Morgan fingerprint density at radius 3 is 1.37 bits per heavy atom. The molecule has 0 aromatic carbocycles. The average molecular weight is 447 g/mol. The van der Waals surface area contributed by atoms with E-state index in [0.29, 0.717) is 0 Å². The first-order valence-electron chi connectivity index (χ1n) is 8.98. The summed E-state index contributed by atoms with van der Waals surface area (Å²) >= 11 is 0. The fourth-order valence-electron chi connectivity index (χ4n) is 2.26. The van der Waals surface area contributed by atoms with Gasteiger partial charge in [0.25, 0.3) is 0 Å². The third-order valence-electron chi connectivity index (χ3n) is 4.56. The monoisotopic (exact) mass is 446 g/mol. The molecule has 160 valence electrons. The van der Waals surface area contributed by atoms with Gasteiger partial charge in [-0.25, -0.2) is 8.42 Å². The van der Waals surface area contributed by atoms with Crippen LogP contribution in [0, 0.1) is 36.8 Å². The molecule has 2 aromatic rings. The van der Waals surface area contributed by atoms with Crippen LogP contribution in [0.25, 0.3) is 0 Å². The molecule has 2 heterocycles. The minimum absolute atomic E-state index is 0.287. The van der Waals surface area contributed by atoms with Crippen molar-refractivity contribution >= 4 is 19.5 Å². The number of rotatable bonds is 4. The molecule has 0 saturated heterocycles. The van der Waals surface area contributed by atoms with E-state index in [1.54, 1.807) is 38.6 Å². The molecule has 8 nitrogen and oxygen atoms in total. The lowest BCUT2D eigenvalue weighted by atomic mass is 10.2. The number of hydrogen-bond donors (Lipinski definition) is 0. The Labute approximate surface area is 179 Å². The summed E-state index contributed by atoms with van der Waals surface area (Å²) in [6.45, 7) is 7.35. The fraction of sp³-hybridized carbons (Fsp3) is 0.400. The van der Waals surface area contributed by atoms with Crippen LogP contribution >= 0.6 is 0 Å². The lowest BCUT2D eigenvalue weighted by Gasteiger charge is -2.12. The van der Waals surface area contributed by atoms with E-state index in [0.717, 1.165) is 22.5 Å². The average Bonchev–Trinajstić information content (AvgIpc) is 2.68. The largest absolute Gasteiger partial charge is 0.261 e. The van der Waals surface area contributed by atoms with Gasteiger partial charge in [0.1, 0.15) is 0 Å². The molecule has 2 unspecified atom stereocenters. The van der Waals surface area contributed by atoms with Gasteiger partial charge < -0.3 is 0 Å². The summed E-state index contributed by atoms with van der Waals surface area (Å²) in [4.78, 5) is 8.25. The number of pyridine rings is 2. The Bertz CT molecular complexity index is 1080. The molecule has 0 amide bonds. The van der Waals surface area contributed by atoms with Gasteiger partial charge in [-0.3, -0.25) is 9.97 Å². The summed E-state index contributed by atoms with van der Waals surface area (Å²) in [7, 11) is -5.00. The minimum atomic E-state index is -2.50. The number of nitriles is 2. The second kappa shape index (κ2) is 10.8. The van der Waals surface area contributed by atoms with E-state index >= 15 is 0 Å². The molecule has 2 rings (SSSR count). The van der Waals surface area contributed by atoms with Crippen molar-refractivity contribution in [2.45, 2.75) is 38.2 Å². The SMILES string of the molecule is Cc1ccc([C@@H](C)S(C)(=O)=NC#N)cn1.Cc1ccc([C@H](C)S(C)(=O)=NC#N)cn1. The first kappa shape index (κ1) is 25.2. The molecule has 0 aliphatic rings. The summed E-state index contributed by atoms with van der Waals surface area (Å²) in [6, 6.07) is 7.44. The molecule has 30 heavy (non-hydrogen) atoms. The first-order chi connectivity index (χ1) is 13.9. The summed E-state index contributed by atoms with van der Waals surface area (Å²) < 4.78 is 30.8. The second-order valence-electron chi connectivity index (χ2n) is 6.86. The van der Waals surface area contributed by atoms with Crippen molar-refractivity contribution in [1.82, 2.24) is 9.97 Å². The van der Waals surface area contributed by atoms with E-state index in [4.69, 9.17) is 10.5 Å². The van der Waals surface area contributed by atoms with Crippen molar-refractivity contribution in [3.05, 3.63) is 59.2 Å². The highest BCUT2D eigenvalue weighted by molar-refractivity contribution is 7.93. The summed E-state index contributed by atoms with van der Waals surface area (Å²) in [5.74, 6) is 0. The van der Waals surface area contributed by atoms with E-state index in [2.05, 4.69) is 18.7 Å². The van der Waals surface area contributed by atoms with Crippen LogP contribution in [0.5, 0.6) is 0 Å². The maximum Gasteiger partial charge on any atom is 0.214 e. The zero-order valence-corrected chi connectivity index (χ0v) is 19.6. The topological polar surface area (TPSA) is 132 Å². The fourth-order valence-corrected chi connectivity index (χ4v) is 4.19. The Hall–Kier alpha value is -2.82. The second-order valence-corrected chi connectivity index (χ2v) is 12.1. The van der Waals surface area contributed by atoms with Crippen LogP contribution in [0.1, 0.15) is 46.9 Å². The first-order valence-corrected chi connectivity index (χ1v) is 12.9. The van der Waals surface area contributed by atoms with E-state index in [1.165, 1.54) is 12.5 Å². The van der Waals surface area contributed by atoms with E-state index in [1.807, 2.05) is 38.1 Å². The van der Waals surface area contributed by atoms with E-state index < -0.39 is 19.5 Å². The molecule has 0 aliphatic carbocycles. The molecular formula is C20H26N6O2S2. The van der Waals surface area contributed by atoms with Crippen LogP contribution in [0.2, 0.25) is 0 Å². The van der Waals surface area contributed by atoms with Crippen molar-refractivity contribution in [3.63, 3.8) is 0 Å². The van der Waals surface area contributed by atoms with Gasteiger partial charge in [0.15, 0.2) is 0 Å². The van der Waals surface area contributed by atoms with Crippen LogP contribution in [-0.2, 0) is 19.5 Å². The van der Waals surface area contributed by atoms with Crippen molar-refractivity contribution in [2.24, 2.45) is 8.73 Å². The van der Waals surface area contributed by atoms with Crippen molar-refractivity contribution in [2.75, 3.05) is 12.5 Å². The highest BCUT2D eigenvalue weighted by atomic mass is 32.2. The molecule has 0 radical (unpaired) electrons. The van der Waals surface area contributed by atoms with Crippen molar-refractivity contribution in [1.29, 1.82) is 10.5 Å². The molecule has 2 aromatic heterocycles. The Kier molecular flexibility index (Phi) is 9.09. The van der Waals surface area contributed by atoms with Crippen LogP contribution in [0.15, 0.2) is 45.4 Å². The van der Waals surface area contributed by atoms with Crippen LogP contribution in [0.3, 0.4) is 0 Å². The molecule has 0 bridgehead atoms. The standard InChI is InChI=1S/2C10H13N3OS/c2*1-8-4-5-10(6-12-8)9(2)15(3,14)13-7-11/h2*4-6,9H,1-3H3/t2*9-,15?/m10/s1. The number of aromatic nitrogens is 2. The maximum absolute atomic E-state index is 12.0. The Balaban J connectivity index is 0.000000300. The van der Waals surface area contributed by atoms with Gasteiger partial charge in [-0.2, -0.15) is 10.5 Å². The van der Waals surface area contributed by atoms with Crippen molar-refractivity contribution < 1.29 is 8.42 Å². The maximum atomic E-state index is 12.0. The van der Waals surface area contributed by atoms with Gasteiger partial charge in [0.2, 0.25) is 12.4 Å². The zero-order valence-electron chi connectivity index (χ0n) is 17.9. The number of hydrogen-bond acceptors (Lipinski definition) is 8. The van der Waals surface area contributed by atoms with Gasteiger partial charge in [-0.1, -0.05) is 12.1 Å². The van der Waals surface area contributed by atoms with Crippen LogP contribution < -0.4 is 0 Å². The van der Waals surface area contributed by atoms with Gasteiger partial charge >= 0.3 is 0 Å². The summed E-state index contributed by atoms with van der Waals surface area (Å²) in [5, 5.41) is 16.3. The molecule has 0 N–H and O–H groups in total. The zero-order chi connectivity index (χ0) is 22.9. The Morgan fingerprint density at radius 1 is 0.800 bits per heavy atom. The van der Waals surface area contributed by atoms with Gasteiger partial charge in [-0.15, -0.1) is 8.73 Å². The van der Waals surface area contributed by atoms with Gasteiger partial charge in [-0.05, 0) is 51.0 Å². The smallest absolute Gasteiger partial charge is 0.214 e. The molecule has 4 atom stereocenters. The van der Waals surface area contributed by atoms with Crippen molar-refractivity contribution in [3.8, 4) is 12.4 Å². The van der Waals surface area contributed by atoms with Crippen LogP contribution in [0.4, 0.5) is 0 Å². The lowest BCUT2D eigenvalue weighted by Crippen LogP contribution is -2.07. The highest BCUT2D eigenvalue weighted by Gasteiger charge is 2.16. The summed E-state index contributed by atoms with van der Waals surface area (Å²) in [5.41, 5.74) is 3.50. The van der Waals surface area contributed by atoms with E-state index in [9.17, 15) is 8.42 Å². The quantitative estimate of drug-likeness (QED) is 0.650. The Morgan fingerprint density at radius 2 is 1.13 bits per heavy atom.